The maximum absolute atomic E-state index is 12.7. The van der Waals surface area contributed by atoms with E-state index in [4.69, 9.17) is 0 Å². The van der Waals surface area contributed by atoms with Crippen molar-refractivity contribution in [3.05, 3.63) is 59.2 Å². The maximum atomic E-state index is 12.7. The van der Waals surface area contributed by atoms with Gasteiger partial charge in [-0.1, -0.05) is 30.3 Å². The molecule has 1 aliphatic carbocycles. The molecule has 2 aliphatic rings. The highest BCUT2D eigenvalue weighted by Crippen LogP contribution is 2.37. The van der Waals surface area contributed by atoms with Crippen LogP contribution in [0, 0.1) is 0 Å². The van der Waals surface area contributed by atoms with E-state index in [9.17, 15) is 9.90 Å². The number of aliphatic hydroxyl groups excluding tert-OH is 1. The standard InChI is InChI=1S/C19H19NO2/c21-12-16-5-3-9-20(16)19(22)14-7-8-18-15(11-14)10-13-4-1-2-6-17(13)18/h1-2,4,6-8,11,16,21H,3,5,9-10,12H2/t16-/m1/s1. The average Bonchev–Trinajstić information content (AvgIpc) is 3.17. The summed E-state index contributed by atoms with van der Waals surface area (Å²) < 4.78 is 0. The van der Waals surface area contributed by atoms with Crippen molar-refractivity contribution in [1.82, 2.24) is 4.90 Å². The molecule has 3 nitrogen and oxygen atoms in total. The Morgan fingerprint density at radius 3 is 2.82 bits per heavy atom. The van der Waals surface area contributed by atoms with E-state index < -0.39 is 0 Å². The van der Waals surface area contributed by atoms with Crippen molar-refractivity contribution in [2.45, 2.75) is 25.3 Å². The van der Waals surface area contributed by atoms with Crippen LogP contribution in [0.2, 0.25) is 0 Å². The summed E-state index contributed by atoms with van der Waals surface area (Å²) in [6.45, 7) is 0.809. The summed E-state index contributed by atoms with van der Waals surface area (Å²) in [4.78, 5) is 14.5. The number of carbonyl (C=O) groups excluding carboxylic acids is 1. The minimum atomic E-state index is -0.0158. The molecule has 0 radical (unpaired) electrons. The van der Waals surface area contributed by atoms with Crippen molar-refractivity contribution in [2.24, 2.45) is 0 Å². The molecule has 0 spiro atoms. The van der Waals surface area contributed by atoms with Gasteiger partial charge in [0, 0.05) is 12.1 Å². The molecule has 4 rings (SSSR count). The summed E-state index contributed by atoms with van der Waals surface area (Å²) in [6.07, 6.45) is 2.78. The summed E-state index contributed by atoms with van der Waals surface area (Å²) in [5.74, 6) is 0.0512. The number of fused-ring (bicyclic) bond motifs is 3. The number of hydrogen-bond donors (Lipinski definition) is 1. The van der Waals surface area contributed by atoms with E-state index in [1.165, 1.54) is 22.3 Å². The van der Waals surface area contributed by atoms with E-state index in [2.05, 4.69) is 30.3 Å². The molecule has 2 aromatic rings. The minimum Gasteiger partial charge on any atom is -0.394 e. The highest BCUT2D eigenvalue weighted by atomic mass is 16.3. The first kappa shape index (κ1) is 13.5. The van der Waals surface area contributed by atoms with Crippen molar-refractivity contribution in [1.29, 1.82) is 0 Å². The Morgan fingerprint density at radius 2 is 1.95 bits per heavy atom. The number of nitrogens with zero attached hydrogens (tertiary/aromatic N) is 1. The number of carbonyl (C=O) groups is 1. The molecule has 1 saturated heterocycles. The van der Waals surface area contributed by atoms with Gasteiger partial charge in [0.25, 0.3) is 5.91 Å². The summed E-state index contributed by atoms with van der Waals surface area (Å²) >= 11 is 0. The fourth-order valence-electron chi connectivity index (χ4n) is 3.74. The van der Waals surface area contributed by atoms with E-state index in [-0.39, 0.29) is 18.6 Å². The van der Waals surface area contributed by atoms with Crippen LogP contribution < -0.4 is 0 Å². The molecule has 0 bridgehead atoms. The Kier molecular flexibility index (Phi) is 3.23. The van der Waals surface area contributed by atoms with Gasteiger partial charge in [-0.05, 0) is 53.6 Å². The van der Waals surface area contributed by atoms with Crippen molar-refractivity contribution in [3.63, 3.8) is 0 Å². The molecule has 2 aromatic carbocycles. The summed E-state index contributed by atoms with van der Waals surface area (Å²) in [7, 11) is 0. The molecule has 112 valence electrons. The summed E-state index contributed by atoms with van der Waals surface area (Å²) in [5.41, 5.74) is 5.83. The second-order valence-electron chi connectivity index (χ2n) is 6.18. The molecular weight excluding hydrogens is 274 g/mol. The van der Waals surface area contributed by atoms with E-state index in [0.29, 0.717) is 0 Å². The lowest BCUT2D eigenvalue weighted by molar-refractivity contribution is 0.0677. The highest BCUT2D eigenvalue weighted by molar-refractivity contribution is 5.96. The van der Waals surface area contributed by atoms with Crippen LogP contribution in [0.15, 0.2) is 42.5 Å². The third-order valence-corrected chi connectivity index (χ3v) is 4.89. The third kappa shape index (κ3) is 2.04. The topological polar surface area (TPSA) is 40.5 Å². The predicted octanol–water partition coefficient (Wildman–Crippen LogP) is 2.85. The van der Waals surface area contributed by atoms with Crippen LogP contribution in [-0.2, 0) is 6.42 Å². The number of aliphatic hydroxyl groups is 1. The normalized spacial score (nSPS) is 19.1. The van der Waals surface area contributed by atoms with Crippen molar-refractivity contribution in [2.75, 3.05) is 13.2 Å². The zero-order valence-corrected chi connectivity index (χ0v) is 12.5. The molecule has 1 amide bonds. The van der Waals surface area contributed by atoms with E-state index >= 15 is 0 Å². The molecule has 1 N–H and O–H groups in total. The van der Waals surface area contributed by atoms with Crippen LogP contribution in [0.3, 0.4) is 0 Å². The maximum Gasteiger partial charge on any atom is 0.254 e. The second kappa shape index (κ2) is 5.25. The molecule has 1 heterocycles. The molecule has 1 aliphatic heterocycles. The van der Waals surface area contributed by atoms with Crippen molar-refractivity contribution < 1.29 is 9.90 Å². The van der Waals surface area contributed by atoms with Gasteiger partial charge in [-0.2, -0.15) is 0 Å². The molecular formula is C19H19NO2. The van der Waals surface area contributed by atoms with Gasteiger partial charge in [-0.3, -0.25) is 4.79 Å². The van der Waals surface area contributed by atoms with Crippen LogP contribution >= 0.6 is 0 Å². The zero-order chi connectivity index (χ0) is 15.1. The fourth-order valence-corrected chi connectivity index (χ4v) is 3.74. The van der Waals surface area contributed by atoms with E-state index in [1.54, 1.807) is 0 Å². The van der Waals surface area contributed by atoms with Gasteiger partial charge in [-0.25, -0.2) is 0 Å². The Hall–Kier alpha value is -2.13. The van der Waals surface area contributed by atoms with Crippen LogP contribution in [0.25, 0.3) is 11.1 Å². The zero-order valence-electron chi connectivity index (χ0n) is 12.5. The van der Waals surface area contributed by atoms with Crippen LogP contribution in [0.5, 0.6) is 0 Å². The lowest BCUT2D eigenvalue weighted by Crippen LogP contribution is -2.37. The van der Waals surface area contributed by atoms with Gasteiger partial charge in [0.2, 0.25) is 0 Å². The van der Waals surface area contributed by atoms with Crippen molar-refractivity contribution in [3.8, 4) is 11.1 Å². The van der Waals surface area contributed by atoms with Crippen LogP contribution in [0.1, 0.15) is 34.3 Å². The van der Waals surface area contributed by atoms with Gasteiger partial charge >= 0.3 is 0 Å². The quantitative estimate of drug-likeness (QED) is 0.789. The lowest BCUT2D eigenvalue weighted by Gasteiger charge is -2.23. The predicted molar refractivity (Wildman–Crippen MR) is 85.8 cm³/mol. The smallest absolute Gasteiger partial charge is 0.254 e. The first-order chi connectivity index (χ1) is 10.8. The average molecular weight is 293 g/mol. The van der Waals surface area contributed by atoms with Gasteiger partial charge in [0.15, 0.2) is 0 Å². The number of hydrogen-bond acceptors (Lipinski definition) is 2. The number of rotatable bonds is 2. The summed E-state index contributed by atoms with van der Waals surface area (Å²) in [6, 6.07) is 14.4. The molecule has 0 saturated carbocycles. The highest BCUT2D eigenvalue weighted by Gasteiger charge is 2.29. The van der Waals surface area contributed by atoms with Gasteiger partial charge in [-0.15, -0.1) is 0 Å². The molecule has 3 heteroatoms. The first-order valence-electron chi connectivity index (χ1n) is 7.91. The first-order valence-corrected chi connectivity index (χ1v) is 7.91. The number of likely N-dealkylation sites (tertiary alicyclic amines) is 1. The Balaban J connectivity index is 1.66. The fraction of sp³-hybridized carbons (Fsp3) is 0.316. The van der Waals surface area contributed by atoms with E-state index in [0.717, 1.165) is 31.4 Å². The SMILES string of the molecule is O=C(c1ccc2c(c1)Cc1ccccc1-2)N1CCC[C@@H]1CO. The number of amides is 1. The molecule has 1 fully saturated rings. The number of benzene rings is 2. The minimum absolute atomic E-state index is 0.0158. The Bertz CT molecular complexity index is 738. The largest absolute Gasteiger partial charge is 0.394 e. The second-order valence-corrected chi connectivity index (χ2v) is 6.18. The van der Waals surface area contributed by atoms with Gasteiger partial charge < -0.3 is 10.0 Å². The third-order valence-electron chi connectivity index (χ3n) is 4.89. The van der Waals surface area contributed by atoms with Gasteiger partial charge in [0.1, 0.15) is 0 Å². The van der Waals surface area contributed by atoms with Crippen LogP contribution in [0.4, 0.5) is 0 Å². The Labute approximate surface area is 130 Å². The molecule has 22 heavy (non-hydrogen) atoms. The summed E-state index contributed by atoms with van der Waals surface area (Å²) in [5, 5.41) is 9.41. The molecule has 1 atom stereocenters. The van der Waals surface area contributed by atoms with Crippen LogP contribution in [-0.4, -0.2) is 35.1 Å². The molecule has 0 aromatic heterocycles. The molecule has 0 unspecified atom stereocenters. The lowest BCUT2D eigenvalue weighted by atomic mass is 10.0. The monoisotopic (exact) mass is 293 g/mol. The van der Waals surface area contributed by atoms with Crippen molar-refractivity contribution >= 4 is 5.91 Å². The van der Waals surface area contributed by atoms with Gasteiger partial charge in [0.05, 0.1) is 12.6 Å². The Morgan fingerprint density at radius 1 is 1.14 bits per heavy atom. The van der Waals surface area contributed by atoms with E-state index in [1.807, 2.05) is 17.0 Å².